The van der Waals surface area contributed by atoms with Crippen LogP contribution in [0.2, 0.25) is 0 Å². The SMILES string of the molecule is CC(C)(N)C(=O)NCC(c1c[nH]c2ccccc12)c1nnc(Cc2ccccc2)n1Cc1ccc(Br)cc1. The molecule has 0 aliphatic rings. The number of nitrogens with zero attached hydrogens (tertiary/aromatic N) is 3. The van der Waals surface area contributed by atoms with Gasteiger partial charge in [0.15, 0.2) is 0 Å². The molecular formula is C30H31BrN6O. The van der Waals surface area contributed by atoms with Crippen LogP contribution in [-0.2, 0) is 17.8 Å². The lowest BCUT2D eigenvalue weighted by molar-refractivity contribution is -0.125. The van der Waals surface area contributed by atoms with Crippen molar-refractivity contribution in [2.24, 2.45) is 5.73 Å². The Kier molecular flexibility index (Phi) is 7.44. The number of nitrogens with two attached hydrogens (primary N) is 1. The summed E-state index contributed by atoms with van der Waals surface area (Å²) in [4.78, 5) is 16.2. The average Bonchev–Trinajstić information content (AvgIpc) is 3.50. The lowest BCUT2D eigenvalue weighted by Gasteiger charge is -2.23. The molecule has 2 heterocycles. The van der Waals surface area contributed by atoms with Crippen molar-refractivity contribution in [2.75, 3.05) is 6.54 Å². The van der Waals surface area contributed by atoms with E-state index in [0.29, 0.717) is 19.5 Å². The topological polar surface area (TPSA) is 102 Å². The van der Waals surface area contributed by atoms with E-state index < -0.39 is 5.54 Å². The summed E-state index contributed by atoms with van der Waals surface area (Å²) < 4.78 is 3.21. The van der Waals surface area contributed by atoms with Gasteiger partial charge in [-0.2, -0.15) is 0 Å². The van der Waals surface area contributed by atoms with E-state index in [1.165, 1.54) is 0 Å². The molecular weight excluding hydrogens is 540 g/mol. The van der Waals surface area contributed by atoms with Gasteiger partial charge in [0.2, 0.25) is 5.91 Å². The zero-order valence-corrected chi connectivity index (χ0v) is 23.1. The molecule has 0 bridgehead atoms. The second-order valence-electron chi connectivity index (χ2n) is 10.1. The number of H-pyrrole nitrogens is 1. The van der Waals surface area contributed by atoms with E-state index in [1.807, 2.05) is 54.7 Å². The van der Waals surface area contributed by atoms with Gasteiger partial charge in [0.25, 0.3) is 0 Å². The van der Waals surface area contributed by atoms with Crippen molar-refractivity contribution in [1.82, 2.24) is 25.1 Å². The van der Waals surface area contributed by atoms with Crippen LogP contribution in [-0.4, -0.2) is 37.7 Å². The fraction of sp³-hybridized carbons (Fsp3) is 0.233. The molecule has 1 atom stereocenters. The van der Waals surface area contributed by atoms with Crippen LogP contribution in [0.5, 0.6) is 0 Å². The molecule has 3 aromatic carbocycles. The number of aromatic nitrogens is 4. The van der Waals surface area contributed by atoms with Crippen molar-refractivity contribution < 1.29 is 4.79 Å². The minimum absolute atomic E-state index is 0.217. The minimum atomic E-state index is -0.992. The Hall–Kier alpha value is -3.75. The van der Waals surface area contributed by atoms with Crippen LogP contribution in [0.4, 0.5) is 0 Å². The maximum atomic E-state index is 12.8. The van der Waals surface area contributed by atoms with E-state index in [2.05, 4.69) is 66.2 Å². The molecule has 4 N–H and O–H groups in total. The van der Waals surface area contributed by atoms with Crippen LogP contribution in [0.1, 0.15) is 48.1 Å². The molecule has 194 valence electrons. The van der Waals surface area contributed by atoms with E-state index in [4.69, 9.17) is 10.8 Å². The Morgan fingerprint density at radius 2 is 1.71 bits per heavy atom. The van der Waals surface area contributed by atoms with E-state index in [9.17, 15) is 4.79 Å². The van der Waals surface area contributed by atoms with Gasteiger partial charge in [-0.25, -0.2) is 0 Å². The zero-order valence-electron chi connectivity index (χ0n) is 21.5. The summed E-state index contributed by atoms with van der Waals surface area (Å²) in [7, 11) is 0. The Morgan fingerprint density at radius 1 is 1.00 bits per heavy atom. The highest BCUT2D eigenvalue weighted by atomic mass is 79.9. The van der Waals surface area contributed by atoms with Crippen LogP contribution in [0.3, 0.4) is 0 Å². The minimum Gasteiger partial charge on any atom is -0.361 e. The largest absolute Gasteiger partial charge is 0.361 e. The Bertz CT molecular complexity index is 1530. The summed E-state index contributed by atoms with van der Waals surface area (Å²) in [5.41, 5.74) is 9.47. The van der Waals surface area contributed by atoms with Gasteiger partial charge in [-0.15, -0.1) is 10.2 Å². The molecule has 1 unspecified atom stereocenters. The molecule has 7 nitrogen and oxygen atoms in total. The maximum Gasteiger partial charge on any atom is 0.239 e. The fourth-order valence-corrected chi connectivity index (χ4v) is 4.87. The number of nitrogens with one attached hydrogen (secondary N) is 2. The van der Waals surface area contributed by atoms with Gasteiger partial charge in [0.05, 0.1) is 18.0 Å². The molecule has 0 fully saturated rings. The molecule has 2 aromatic heterocycles. The number of hydrogen-bond donors (Lipinski definition) is 3. The number of fused-ring (bicyclic) bond motifs is 1. The number of carbonyl (C=O) groups is 1. The number of aromatic amines is 1. The van der Waals surface area contributed by atoms with E-state index in [0.717, 1.165) is 43.7 Å². The molecule has 0 aliphatic heterocycles. The second-order valence-corrected chi connectivity index (χ2v) is 11.0. The van der Waals surface area contributed by atoms with Crippen molar-refractivity contribution in [1.29, 1.82) is 0 Å². The molecule has 5 aromatic rings. The number of benzene rings is 3. The first-order valence-corrected chi connectivity index (χ1v) is 13.4. The van der Waals surface area contributed by atoms with Crippen molar-refractivity contribution >= 4 is 32.7 Å². The molecule has 0 spiro atoms. The summed E-state index contributed by atoms with van der Waals surface area (Å²) in [5.74, 6) is 1.19. The Balaban J connectivity index is 1.60. The van der Waals surface area contributed by atoms with Crippen LogP contribution in [0, 0.1) is 0 Å². The highest BCUT2D eigenvalue weighted by Crippen LogP contribution is 2.31. The molecule has 0 saturated heterocycles. The Morgan fingerprint density at radius 3 is 2.45 bits per heavy atom. The average molecular weight is 572 g/mol. The standard InChI is InChI=1S/C30H31BrN6O/c1-30(2,32)29(38)34-18-25(24-17-33-26-11-7-6-10-23(24)26)28-36-35-27(16-20-8-4-3-5-9-20)37(28)19-21-12-14-22(31)15-13-21/h3-15,17,25,33H,16,18-19,32H2,1-2H3,(H,34,38). The maximum absolute atomic E-state index is 12.8. The fourth-order valence-electron chi connectivity index (χ4n) is 4.61. The number of halogens is 1. The summed E-state index contributed by atoms with van der Waals surface area (Å²) in [5, 5.41) is 13.6. The van der Waals surface area contributed by atoms with Gasteiger partial charge < -0.3 is 20.6 Å². The normalized spacial score (nSPS) is 12.5. The molecule has 38 heavy (non-hydrogen) atoms. The van der Waals surface area contributed by atoms with Gasteiger partial charge >= 0.3 is 0 Å². The quantitative estimate of drug-likeness (QED) is 0.228. The third-order valence-corrected chi connectivity index (χ3v) is 7.20. The molecule has 5 rings (SSSR count). The first-order valence-electron chi connectivity index (χ1n) is 12.6. The highest BCUT2D eigenvalue weighted by Gasteiger charge is 2.28. The third-order valence-electron chi connectivity index (χ3n) is 6.68. The van der Waals surface area contributed by atoms with Crippen molar-refractivity contribution in [3.63, 3.8) is 0 Å². The molecule has 0 radical (unpaired) electrons. The van der Waals surface area contributed by atoms with E-state index in [-0.39, 0.29) is 11.8 Å². The number of carbonyl (C=O) groups excluding carboxylic acids is 1. The highest BCUT2D eigenvalue weighted by molar-refractivity contribution is 9.10. The predicted molar refractivity (Wildman–Crippen MR) is 154 cm³/mol. The summed E-state index contributed by atoms with van der Waals surface area (Å²) in [6, 6.07) is 26.7. The number of amides is 1. The van der Waals surface area contributed by atoms with Crippen molar-refractivity contribution in [3.05, 3.63) is 118 Å². The van der Waals surface area contributed by atoms with Gasteiger partial charge in [-0.05, 0) is 48.7 Å². The lowest BCUT2D eigenvalue weighted by atomic mass is 9.96. The lowest BCUT2D eigenvalue weighted by Crippen LogP contribution is -2.50. The molecule has 8 heteroatoms. The van der Waals surface area contributed by atoms with Crippen LogP contribution >= 0.6 is 15.9 Å². The van der Waals surface area contributed by atoms with Crippen molar-refractivity contribution in [2.45, 2.75) is 38.3 Å². The third kappa shape index (κ3) is 5.71. The van der Waals surface area contributed by atoms with Gasteiger partial charge in [-0.1, -0.05) is 76.6 Å². The number of para-hydroxylation sites is 1. The zero-order chi connectivity index (χ0) is 26.7. The monoisotopic (exact) mass is 570 g/mol. The molecule has 0 aliphatic carbocycles. The number of hydrogen-bond acceptors (Lipinski definition) is 4. The predicted octanol–water partition coefficient (Wildman–Crippen LogP) is 5.15. The summed E-state index contributed by atoms with van der Waals surface area (Å²) in [6.07, 6.45) is 2.65. The van der Waals surface area contributed by atoms with Gasteiger partial charge in [0.1, 0.15) is 11.6 Å². The van der Waals surface area contributed by atoms with E-state index in [1.54, 1.807) is 13.8 Å². The van der Waals surface area contributed by atoms with Gasteiger partial charge in [0, 0.05) is 34.5 Å². The van der Waals surface area contributed by atoms with Crippen molar-refractivity contribution in [3.8, 4) is 0 Å². The summed E-state index contributed by atoms with van der Waals surface area (Å²) in [6.45, 7) is 4.35. The Labute approximate surface area is 230 Å². The second kappa shape index (κ2) is 10.9. The van der Waals surface area contributed by atoms with Crippen LogP contribution in [0.25, 0.3) is 10.9 Å². The summed E-state index contributed by atoms with van der Waals surface area (Å²) >= 11 is 3.53. The van der Waals surface area contributed by atoms with Crippen LogP contribution < -0.4 is 11.1 Å². The first kappa shape index (κ1) is 25.9. The van der Waals surface area contributed by atoms with Gasteiger partial charge in [-0.3, -0.25) is 4.79 Å². The first-order chi connectivity index (χ1) is 18.3. The smallest absolute Gasteiger partial charge is 0.239 e. The number of rotatable bonds is 9. The molecule has 0 saturated carbocycles. The molecule has 1 amide bonds. The van der Waals surface area contributed by atoms with E-state index >= 15 is 0 Å². The van der Waals surface area contributed by atoms with Crippen LogP contribution in [0.15, 0.2) is 89.5 Å².